The molecule has 28 heavy (non-hydrogen) atoms. The Morgan fingerprint density at radius 2 is 1.50 bits per heavy atom. The smallest absolute Gasteiger partial charge is 0.426 e. The molecule has 0 aliphatic heterocycles. The monoisotopic (exact) mass is 389 g/mol. The van der Waals surface area contributed by atoms with Crippen LogP contribution in [0.25, 0.3) is 0 Å². The minimum atomic E-state index is -0.905. The highest BCUT2D eigenvalue weighted by Gasteiger charge is 2.32. The molecule has 0 aliphatic rings. The molecule has 148 valence electrons. The Hall–Kier alpha value is -3.82. The second-order valence-corrected chi connectivity index (χ2v) is 5.43. The van der Waals surface area contributed by atoms with E-state index in [-0.39, 0.29) is 22.6 Å². The maximum Gasteiger partial charge on any atom is 0.426 e. The van der Waals surface area contributed by atoms with Gasteiger partial charge in [-0.1, -0.05) is 18.2 Å². The molecule has 0 unspecified atom stereocenters. The summed E-state index contributed by atoms with van der Waals surface area (Å²) in [4.78, 5) is 49.0. The Balaban J connectivity index is 2.67. The van der Waals surface area contributed by atoms with Gasteiger partial charge in [-0.2, -0.15) is 0 Å². The number of carbonyl (C=O) groups is 4. The topological polar surface area (TPSA) is 125 Å². The first-order valence-electron chi connectivity index (χ1n) is 7.99. The van der Waals surface area contributed by atoms with E-state index < -0.39 is 23.9 Å². The zero-order chi connectivity index (χ0) is 20.8. The number of carbonyl (C=O) groups excluding carboxylic acids is 4. The van der Waals surface area contributed by atoms with Crippen LogP contribution >= 0.6 is 0 Å². The van der Waals surface area contributed by atoms with Crippen molar-refractivity contribution in [1.29, 1.82) is 0 Å². The Morgan fingerprint density at radius 1 is 0.893 bits per heavy atom. The van der Waals surface area contributed by atoms with Crippen LogP contribution in [0, 0.1) is 6.92 Å². The molecule has 1 aromatic carbocycles. The molecule has 0 bridgehead atoms. The van der Waals surface area contributed by atoms with Gasteiger partial charge in [0.15, 0.2) is 5.69 Å². The van der Waals surface area contributed by atoms with Crippen LogP contribution in [0.3, 0.4) is 0 Å². The Labute approximate surface area is 160 Å². The molecule has 10 heteroatoms. The van der Waals surface area contributed by atoms with E-state index in [1.165, 1.54) is 6.92 Å². The minimum Gasteiger partial charge on any atom is -0.465 e. The quantitative estimate of drug-likeness (QED) is 0.591. The summed E-state index contributed by atoms with van der Waals surface area (Å²) in [6.07, 6.45) is -0.902. The molecule has 0 saturated carbocycles. The van der Waals surface area contributed by atoms with E-state index >= 15 is 0 Å². The summed E-state index contributed by atoms with van der Waals surface area (Å²) in [6, 6.07) is 8.17. The molecule has 0 saturated heterocycles. The molecule has 1 heterocycles. The number of rotatable bonds is 5. The van der Waals surface area contributed by atoms with Crippen LogP contribution in [0.2, 0.25) is 0 Å². The van der Waals surface area contributed by atoms with Crippen LogP contribution in [0.1, 0.15) is 36.9 Å². The molecule has 0 spiro atoms. The highest BCUT2D eigenvalue weighted by molar-refractivity contribution is 6.13. The van der Waals surface area contributed by atoms with Crippen LogP contribution < -0.4 is 10.7 Å². The summed E-state index contributed by atoms with van der Waals surface area (Å²) in [5.41, 5.74) is 2.14. The number of anilines is 1. The van der Waals surface area contributed by atoms with Gasteiger partial charge in [0.2, 0.25) is 0 Å². The van der Waals surface area contributed by atoms with Crippen LogP contribution in [-0.2, 0) is 14.2 Å². The molecule has 1 aromatic heterocycles. The number of esters is 2. The van der Waals surface area contributed by atoms with E-state index in [0.29, 0.717) is 5.56 Å². The van der Waals surface area contributed by atoms with Crippen LogP contribution in [-0.4, -0.2) is 49.9 Å². The second-order valence-electron chi connectivity index (χ2n) is 5.43. The number of benzene rings is 1. The zero-order valence-electron chi connectivity index (χ0n) is 15.7. The predicted octanol–water partition coefficient (Wildman–Crippen LogP) is 1.93. The number of nitrogens with zero attached hydrogens (tertiary/aromatic N) is 1. The summed E-state index contributed by atoms with van der Waals surface area (Å²) in [7, 11) is 3.40. The number of nitrogens with one attached hydrogen (secondary N) is 2. The van der Waals surface area contributed by atoms with Crippen molar-refractivity contribution < 1.29 is 33.4 Å². The minimum absolute atomic E-state index is 0.122. The fourth-order valence-corrected chi connectivity index (χ4v) is 2.51. The lowest BCUT2D eigenvalue weighted by atomic mass is 10.1. The number of amides is 2. The third-order valence-corrected chi connectivity index (χ3v) is 3.84. The summed E-state index contributed by atoms with van der Waals surface area (Å²) in [5.74, 6) is -2.31. The predicted molar refractivity (Wildman–Crippen MR) is 98.0 cm³/mol. The van der Waals surface area contributed by atoms with E-state index in [1.807, 2.05) is 0 Å². The van der Waals surface area contributed by atoms with Gasteiger partial charge in [-0.25, -0.2) is 24.5 Å². The van der Waals surface area contributed by atoms with Gasteiger partial charge in [-0.3, -0.25) is 4.79 Å². The van der Waals surface area contributed by atoms with Gasteiger partial charge in [-0.15, -0.1) is 0 Å². The standard InChI is InChI=1S/C18H19N3O7/c1-10-12(16(23)26-2)13(19-15(22)11-8-6-5-7-9-11)14(17(24)27-3)21(10)20-18(25)28-4/h5-9H,1-4H3,(H,19,22)(H,20,25). The largest absolute Gasteiger partial charge is 0.465 e. The van der Waals surface area contributed by atoms with Crippen molar-refractivity contribution in [1.82, 2.24) is 4.68 Å². The Morgan fingerprint density at radius 3 is 2.04 bits per heavy atom. The summed E-state index contributed by atoms with van der Waals surface area (Å²) < 4.78 is 15.0. The molecule has 0 radical (unpaired) electrons. The lowest BCUT2D eigenvalue weighted by Gasteiger charge is -2.12. The lowest BCUT2D eigenvalue weighted by molar-refractivity contribution is 0.0588. The number of ether oxygens (including phenoxy) is 3. The van der Waals surface area contributed by atoms with E-state index in [4.69, 9.17) is 9.47 Å². The van der Waals surface area contributed by atoms with Gasteiger partial charge < -0.3 is 19.5 Å². The van der Waals surface area contributed by atoms with Gasteiger partial charge in [0.25, 0.3) is 5.91 Å². The van der Waals surface area contributed by atoms with Gasteiger partial charge in [0.1, 0.15) is 5.56 Å². The van der Waals surface area contributed by atoms with E-state index in [9.17, 15) is 19.2 Å². The maximum absolute atomic E-state index is 12.6. The fourth-order valence-electron chi connectivity index (χ4n) is 2.51. The summed E-state index contributed by atoms with van der Waals surface area (Å²) >= 11 is 0. The zero-order valence-corrected chi connectivity index (χ0v) is 15.7. The maximum atomic E-state index is 12.6. The first-order chi connectivity index (χ1) is 13.3. The molecular formula is C18H19N3O7. The fraction of sp³-hybridized carbons (Fsp3) is 0.222. The lowest BCUT2D eigenvalue weighted by Crippen LogP contribution is -2.28. The van der Waals surface area contributed by atoms with Crippen molar-refractivity contribution >= 4 is 29.6 Å². The third kappa shape index (κ3) is 3.95. The number of methoxy groups -OCH3 is 3. The van der Waals surface area contributed by atoms with Gasteiger partial charge in [-0.05, 0) is 19.1 Å². The van der Waals surface area contributed by atoms with Crippen molar-refractivity contribution in [2.24, 2.45) is 0 Å². The number of hydrogen-bond acceptors (Lipinski definition) is 7. The van der Waals surface area contributed by atoms with Gasteiger partial charge >= 0.3 is 18.0 Å². The number of aromatic nitrogens is 1. The molecule has 2 N–H and O–H groups in total. The van der Waals surface area contributed by atoms with Crippen LogP contribution in [0.5, 0.6) is 0 Å². The normalized spacial score (nSPS) is 10.0. The average molecular weight is 389 g/mol. The van der Waals surface area contributed by atoms with E-state index in [1.54, 1.807) is 30.3 Å². The van der Waals surface area contributed by atoms with Gasteiger partial charge in [0.05, 0.1) is 32.7 Å². The van der Waals surface area contributed by atoms with Gasteiger partial charge in [0, 0.05) is 5.56 Å². The van der Waals surface area contributed by atoms with Crippen molar-refractivity contribution in [3.05, 3.63) is 52.8 Å². The first kappa shape index (κ1) is 20.5. The van der Waals surface area contributed by atoms with E-state index in [2.05, 4.69) is 15.5 Å². The third-order valence-electron chi connectivity index (χ3n) is 3.84. The molecular weight excluding hydrogens is 370 g/mol. The summed E-state index contributed by atoms with van der Waals surface area (Å²) in [6.45, 7) is 1.45. The SMILES string of the molecule is COC(=O)Nn1c(C)c(C(=O)OC)c(NC(=O)c2ccccc2)c1C(=O)OC. The first-order valence-corrected chi connectivity index (χ1v) is 7.99. The molecule has 0 atom stereocenters. The Kier molecular flexibility index (Phi) is 6.38. The molecule has 0 aliphatic carbocycles. The highest BCUT2D eigenvalue weighted by Crippen LogP contribution is 2.29. The highest BCUT2D eigenvalue weighted by atomic mass is 16.5. The molecule has 0 fully saturated rings. The summed E-state index contributed by atoms with van der Waals surface area (Å²) in [5, 5.41) is 2.52. The van der Waals surface area contributed by atoms with E-state index in [0.717, 1.165) is 26.0 Å². The van der Waals surface area contributed by atoms with Crippen molar-refractivity contribution in [3.8, 4) is 0 Å². The van der Waals surface area contributed by atoms with Crippen molar-refractivity contribution in [2.75, 3.05) is 32.1 Å². The molecule has 2 amide bonds. The molecule has 2 aromatic rings. The second kappa shape index (κ2) is 8.71. The van der Waals surface area contributed by atoms with Crippen molar-refractivity contribution in [2.45, 2.75) is 6.92 Å². The van der Waals surface area contributed by atoms with Crippen LogP contribution in [0.15, 0.2) is 30.3 Å². The van der Waals surface area contributed by atoms with Crippen LogP contribution in [0.4, 0.5) is 10.5 Å². The average Bonchev–Trinajstić information content (AvgIpc) is 2.98. The number of hydrogen-bond donors (Lipinski definition) is 2. The van der Waals surface area contributed by atoms with Crippen molar-refractivity contribution in [3.63, 3.8) is 0 Å². The molecule has 2 rings (SSSR count). The molecule has 10 nitrogen and oxygen atoms in total. The Bertz CT molecular complexity index is 919.